The first-order chi connectivity index (χ1) is 11.8. The fourth-order valence-electron chi connectivity index (χ4n) is 2.70. The van der Waals surface area contributed by atoms with E-state index in [-0.39, 0.29) is 24.8 Å². The van der Waals surface area contributed by atoms with Crippen molar-refractivity contribution in [3.63, 3.8) is 0 Å². The lowest BCUT2D eigenvalue weighted by molar-refractivity contribution is -0.137. The molecule has 0 spiro atoms. The number of hydrogen-bond acceptors (Lipinski definition) is 3. The summed E-state index contributed by atoms with van der Waals surface area (Å²) in [5.74, 6) is -1.08. The largest absolute Gasteiger partial charge is 0.481 e. The van der Waals surface area contributed by atoms with E-state index in [1.165, 1.54) is 4.90 Å². The van der Waals surface area contributed by atoms with Crippen LogP contribution in [-0.4, -0.2) is 44.8 Å². The third-order valence-electron chi connectivity index (χ3n) is 3.90. The maximum atomic E-state index is 12.9. The van der Waals surface area contributed by atoms with Gasteiger partial charge in [0.2, 0.25) is 0 Å². The predicted molar refractivity (Wildman–Crippen MR) is 96.5 cm³/mol. The molecule has 0 bridgehead atoms. The molecule has 0 saturated heterocycles. The highest BCUT2D eigenvalue weighted by Gasteiger charge is 2.24. The molecule has 1 N–H and O–H groups in total. The molecule has 1 aromatic carbocycles. The zero-order valence-electron chi connectivity index (χ0n) is 14.6. The summed E-state index contributed by atoms with van der Waals surface area (Å²) in [4.78, 5) is 25.2. The van der Waals surface area contributed by atoms with Crippen molar-refractivity contribution in [2.24, 2.45) is 0 Å². The van der Waals surface area contributed by atoms with Gasteiger partial charge in [-0.1, -0.05) is 31.5 Å². The van der Waals surface area contributed by atoms with Gasteiger partial charge in [-0.15, -0.1) is 0 Å². The number of halogens is 1. The Morgan fingerprint density at radius 1 is 1.36 bits per heavy atom. The molecule has 134 valence electrons. The van der Waals surface area contributed by atoms with Crippen molar-refractivity contribution in [3.8, 4) is 5.69 Å². The zero-order chi connectivity index (χ0) is 18.6. The molecule has 0 unspecified atom stereocenters. The summed E-state index contributed by atoms with van der Waals surface area (Å²) in [6.07, 6.45) is 1.46. The van der Waals surface area contributed by atoms with Crippen molar-refractivity contribution in [3.05, 3.63) is 46.7 Å². The Kier molecular flexibility index (Phi) is 6.20. The number of aliphatic carboxylic acids is 1. The number of carbonyl (C=O) groups is 2. The summed E-state index contributed by atoms with van der Waals surface area (Å²) >= 11 is 6.07. The number of amides is 1. The van der Waals surface area contributed by atoms with Crippen LogP contribution in [0.15, 0.2) is 30.5 Å². The highest BCUT2D eigenvalue weighted by molar-refractivity contribution is 6.30. The zero-order valence-corrected chi connectivity index (χ0v) is 15.3. The van der Waals surface area contributed by atoms with E-state index >= 15 is 0 Å². The first-order valence-corrected chi connectivity index (χ1v) is 8.57. The van der Waals surface area contributed by atoms with Gasteiger partial charge < -0.3 is 10.0 Å². The summed E-state index contributed by atoms with van der Waals surface area (Å²) in [5, 5.41) is 13.8. The number of rotatable bonds is 7. The van der Waals surface area contributed by atoms with Gasteiger partial charge in [-0.2, -0.15) is 5.10 Å². The molecular formula is C18H22ClN3O3. The summed E-state index contributed by atoms with van der Waals surface area (Å²) in [7, 11) is 0. The van der Waals surface area contributed by atoms with Gasteiger partial charge >= 0.3 is 5.97 Å². The molecule has 0 aliphatic heterocycles. The van der Waals surface area contributed by atoms with Crippen LogP contribution in [-0.2, 0) is 4.79 Å². The van der Waals surface area contributed by atoms with E-state index in [1.807, 2.05) is 32.9 Å². The molecule has 6 nitrogen and oxygen atoms in total. The van der Waals surface area contributed by atoms with Crippen molar-refractivity contribution in [2.45, 2.75) is 33.1 Å². The maximum Gasteiger partial charge on any atom is 0.305 e. The second kappa shape index (κ2) is 8.16. The van der Waals surface area contributed by atoms with Gasteiger partial charge in [0.25, 0.3) is 5.91 Å². The van der Waals surface area contributed by atoms with Crippen LogP contribution in [0.2, 0.25) is 5.02 Å². The highest BCUT2D eigenvalue weighted by Crippen LogP contribution is 2.25. The summed E-state index contributed by atoms with van der Waals surface area (Å²) < 4.78 is 1.72. The van der Waals surface area contributed by atoms with Crippen LogP contribution >= 0.6 is 11.6 Å². The molecule has 0 saturated carbocycles. The molecule has 1 heterocycles. The van der Waals surface area contributed by atoms with Crippen LogP contribution < -0.4 is 0 Å². The van der Waals surface area contributed by atoms with Crippen LogP contribution in [0, 0.1) is 0 Å². The van der Waals surface area contributed by atoms with Gasteiger partial charge in [-0.3, -0.25) is 9.59 Å². The molecule has 2 rings (SSSR count). The average Bonchev–Trinajstić information content (AvgIpc) is 3.00. The van der Waals surface area contributed by atoms with Crippen molar-refractivity contribution < 1.29 is 14.7 Å². The van der Waals surface area contributed by atoms with E-state index in [0.29, 0.717) is 17.1 Å². The van der Waals surface area contributed by atoms with Gasteiger partial charge in [-0.25, -0.2) is 4.68 Å². The first kappa shape index (κ1) is 19.0. The van der Waals surface area contributed by atoms with Crippen LogP contribution in [0.5, 0.6) is 0 Å². The van der Waals surface area contributed by atoms with Crippen molar-refractivity contribution in [2.75, 3.05) is 13.1 Å². The van der Waals surface area contributed by atoms with E-state index in [9.17, 15) is 9.59 Å². The SMILES string of the molecule is CCN(CCC(=O)O)C(=O)c1cnn(-c2cccc(Cl)c2)c1C(C)C. The molecule has 0 radical (unpaired) electrons. The maximum absolute atomic E-state index is 12.9. The van der Waals surface area contributed by atoms with Crippen molar-refractivity contribution in [1.29, 1.82) is 0 Å². The van der Waals surface area contributed by atoms with Gasteiger partial charge in [0.05, 0.1) is 29.6 Å². The second-order valence-corrected chi connectivity index (χ2v) is 6.45. The van der Waals surface area contributed by atoms with Gasteiger partial charge in [-0.05, 0) is 31.0 Å². The van der Waals surface area contributed by atoms with Crippen LogP contribution in [0.4, 0.5) is 0 Å². The fraction of sp³-hybridized carbons (Fsp3) is 0.389. The molecule has 1 aromatic heterocycles. The fourth-order valence-corrected chi connectivity index (χ4v) is 2.88. The Morgan fingerprint density at radius 3 is 2.64 bits per heavy atom. The van der Waals surface area contributed by atoms with Gasteiger partial charge in [0.15, 0.2) is 0 Å². The number of nitrogens with zero attached hydrogens (tertiary/aromatic N) is 3. The first-order valence-electron chi connectivity index (χ1n) is 8.20. The third-order valence-corrected chi connectivity index (χ3v) is 4.14. The van der Waals surface area contributed by atoms with Crippen molar-refractivity contribution in [1.82, 2.24) is 14.7 Å². The number of carbonyl (C=O) groups excluding carboxylic acids is 1. The minimum Gasteiger partial charge on any atom is -0.481 e. The van der Waals surface area contributed by atoms with Gasteiger partial charge in [0, 0.05) is 18.1 Å². The molecule has 2 aromatic rings. The number of benzene rings is 1. The number of carboxylic acid groups (broad SMARTS) is 1. The highest BCUT2D eigenvalue weighted by atomic mass is 35.5. The second-order valence-electron chi connectivity index (χ2n) is 6.02. The average molecular weight is 364 g/mol. The third kappa shape index (κ3) is 4.39. The lowest BCUT2D eigenvalue weighted by Crippen LogP contribution is -2.33. The lowest BCUT2D eigenvalue weighted by atomic mass is 10.0. The minimum absolute atomic E-state index is 0.0543. The quantitative estimate of drug-likeness (QED) is 0.815. The summed E-state index contributed by atoms with van der Waals surface area (Å²) in [6.45, 7) is 6.41. The Morgan fingerprint density at radius 2 is 2.08 bits per heavy atom. The molecule has 1 amide bonds. The molecule has 0 aliphatic carbocycles. The smallest absolute Gasteiger partial charge is 0.305 e. The molecular weight excluding hydrogens is 342 g/mol. The summed E-state index contributed by atoms with van der Waals surface area (Å²) in [6, 6.07) is 7.27. The van der Waals surface area contributed by atoms with E-state index in [1.54, 1.807) is 23.0 Å². The standard InChI is InChI=1S/C18H22ClN3O3/c1-4-21(9-8-16(23)24)18(25)15-11-20-22(17(15)12(2)3)14-7-5-6-13(19)10-14/h5-7,10-12H,4,8-9H2,1-3H3,(H,23,24). The Hall–Kier alpha value is -2.34. The predicted octanol–water partition coefficient (Wildman–Crippen LogP) is 3.59. The van der Waals surface area contributed by atoms with E-state index in [4.69, 9.17) is 16.7 Å². The van der Waals surface area contributed by atoms with Gasteiger partial charge in [0.1, 0.15) is 0 Å². The molecule has 7 heteroatoms. The normalized spacial score (nSPS) is 10.9. The van der Waals surface area contributed by atoms with Crippen LogP contribution in [0.3, 0.4) is 0 Å². The van der Waals surface area contributed by atoms with E-state index in [0.717, 1.165) is 11.4 Å². The molecule has 0 atom stereocenters. The van der Waals surface area contributed by atoms with E-state index < -0.39 is 5.97 Å². The Balaban J connectivity index is 2.41. The number of carboxylic acids is 1. The summed E-state index contributed by atoms with van der Waals surface area (Å²) in [5.41, 5.74) is 2.05. The lowest BCUT2D eigenvalue weighted by Gasteiger charge is -2.21. The molecule has 0 fully saturated rings. The molecule has 25 heavy (non-hydrogen) atoms. The number of hydrogen-bond donors (Lipinski definition) is 1. The van der Waals surface area contributed by atoms with Crippen LogP contribution in [0.1, 0.15) is 49.2 Å². The number of aromatic nitrogens is 2. The Bertz CT molecular complexity index is 771. The van der Waals surface area contributed by atoms with Crippen LogP contribution in [0.25, 0.3) is 5.69 Å². The van der Waals surface area contributed by atoms with E-state index in [2.05, 4.69) is 5.10 Å². The molecule has 0 aliphatic rings. The minimum atomic E-state index is -0.926. The topological polar surface area (TPSA) is 75.4 Å². The van der Waals surface area contributed by atoms with Crippen molar-refractivity contribution >= 4 is 23.5 Å². The monoisotopic (exact) mass is 363 g/mol. The Labute approximate surface area is 152 Å².